The highest BCUT2D eigenvalue weighted by Crippen LogP contribution is 2.20. The molecule has 1 unspecified atom stereocenters. The highest BCUT2D eigenvalue weighted by molar-refractivity contribution is 5.51. The van der Waals surface area contributed by atoms with Crippen LogP contribution in [0, 0.1) is 5.82 Å². The minimum Gasteiger partial charge on any atom is -0.207 e. The van der Waals surface area contributed by atoms with Gasteiger partial charge in [0.05, 0.1) is 0 Å². The Kier molecular flexibility index (Phi) is 4.49. The molecule has 2 aromatic rings. The second-order valence-corrected chi connectivity index (χ2v) is 4.22. The fourth-order valence-corrected chi connectivity index (χ4v) is 1.85. The van der Waals surface area contributed by atoms with Crippen molar-refractivity contribution < 1.29 is 4.39 Å². The molecule has 0 aliphatic rings. The molecule has 0 aromatic heterocycles. The molecular formula is C18H15F. The van der Waals surface area contributed by atoms with Gasteiger partial charge in [-0.3, -0.25) is 0 Å². The molecule has 0 saturated heterocycles. The SMILES string of the molecule is C=C=CC(C=Cc1ccccc1)c1ccc(F)cc1. The summed E-state index contributed by atoms with van der Waals surface area (Å²) in [6.45, 7) is 3.61. The first-order chi connectivity index (χ1) is 9.29. The van der Waals surface area contributed by atoms with Crippen molar-refractivity contribution in [1.82, 2.24) is 0 Å². The van der Waals surface area contributed by atoms with Crippen LogP contribution in [0.5, 0.6) is 0 Å². The number of rotatable bonds is 4. The average molecular weight is 250 g/mol. The smallest absolute Gasteiger partial charge is 0.123 e. The van der Waals surface area contributed by atoms with Crippen molar-refractivity contribution in [3.8, 4) is 0 Å². The Morgan fingerprint density at radius 3 is 2.32 bits per heavy atom. The maximum atomic E-state index is 12.9. The minimum atomic E-state index is -0.225. The van der Waals surface area contributed by atoms with Gasteiger partial charge in [0, 0.05) is 5.92 Å². The third-order valence-corrected chi connectivity index (χ3v) is 2.85. The molecular weight excluding hydrogens is 235 g/mol. The van der Waals surface area contributed by atoms with E-state index in [0.717, 1.165) is 11.1 Å². The average Bonchev–Trinajstić information content (AvgIpc) is 2.46. The molecule has 2 rings (SSSR count). The van der Waals surface area contributed by atoms with Gasteiger partial charge in [-0.2, -0.15) is 0 Å². The molecule has 0 fully saturated rings. The summed E-state index contributed by atoms with van der Waals surface area (Å²) < 4.78 is 12.9. The van der Waals surface area contributed by atoms with Gasteiger partial charge in [-0.15, -0.1) is 5.73 Å². The largest absolute Gasteiger partial charge is 0.207 e. The summed E-state index contributed by atoms with van der Waals surface area (Å²) in [7, 11) is 0. The van der Waals surface area contributed by atoms with Crippen molar-refractivity contribution in [3.05, 3.63) is 96.0 Å². The van der Waals surface area contributed by atoms with E-state index in [4.69, 9.17) is 0 Å². The van der Waals surface area contributed by atoms with Crippen LogP contribution in [0.3, 0.4) is 0 Å². The van der Waals surface area contributed by atoms with Crippen molar-refractivity contribution in [2.75, 3.05) is 0 Å². The predicted octanol–water partition coefficient (Wildman–Crippen LogP) is 4.96. The Hall–Kier alpha value is -2.37. The van der Waals surface area contributed by atoms with E-state index in [1.54, 1.807) is 12.1 Å². The number of hydrogen-bond acceptors (Lipinski definition) is 0. The molecule has 19 heavy (non-hydrogen) atoms. The standard InChI is InChI=1S/C18H15F/c1-2-6-16(17-11-13-18(19)14-12-17)10-9-15-7-4-3-5-8-15/h3-14,16H,1H2. The maximum Gasteiger partial charge on any atom is 0.123 e. The van der Waals surface area contributed by atoms with Crippen LogP contribution in [-0.4, -0.2) is 0 Å². The number of allylic oxidation sites excluding steroid dienone is 2. The summed E-state index contributed by atoms with van der Waals surface area (Å²) >= 11 is 0. The third-order valence-electron chi connectivity index (χ3n) is 2.85. The summed E-state index contributed by atoms with van der Waals surface area (Å²) in [6, 6.07) is 16.5. The van der Waals surface area contributed by atoms with E-state index in [0.29, 0.717) is 0 Å². The molecule has 0 amide bonds. The Morgan fingerprint density at radius 1 is 1.00 bits per heavy atom. The quantitative estimate of drug-likeness (QED) is 0.672. The molecule has 0 nitrogen and oxygen atoms in total. The Bertz CT molecular complexity index is 587. The van der Waals surface area contributed by atoms with Gasteiger partial charge in [0.2, 0.25) is 0 Å². The first-order valence-corrected chi connectivity index (χ1v) is 6.14. The molecule has 0 heterocycles. The lowest BCUT2D eigenvalue weighted by Gasteiger charge is -2.07. The van der Waals surface area contributed by atoms with Crippen LogP contribution in [0.1, 0.15) is 17.0 Å². The fraction of sp³-hybridized carbons (Fsp3) is 0.0556. The van der Waals surface area contributed by atoms with E-state index in [1.165, 1.54) is 12.1 Å². The second-order valence-electron chi connectivity index (χ2n) is 4.22. The third kappa shape index (κ3) is 3.80. The second kappa shape index (κ2) is 6.53. The molecule has 0 N–H and O–H groups in total. The van der Waals surface area contributed by atoms with Crippen LogP contribution in [0.4, 0.5) is 4.39 Å². The van der Waals surface area contributed by atoms with Gasteiger partial charge in [0.25, 0.3) is 0 Å². The molecule has 0 saturated carbocycles. The summed E-state index contributed by atoms with van der Waals surface area (Å²) in [6.07, 6.45) is 5.97. The molecule has 94 valence electrons. The zero-order valence-electron chi connectivity index (χ0n) is 10.6. The van der Waals surface area contributed by atoms with E-state index in [1.807, 2.05) is 42.5 Å². The van der Waals surface area contributed by atoms with Gasteiger partial charge in [0.1, 0.15) is 5.82 Å². The van der Waals surface area contributed by atoms with E-state index in [-0.39, 0.29) is 11.7 Å². The molecule has 0 aliphatic carbocycles. The minimum absolute atomic E-state index is 0.0540. The van der Waals surface area contributed by atoms with Gasteiger partial charge in [-0.25, -0.2) is 4.39 Å². The van der Waals surface area contributed by atoms with Crippen LogP contribution in [0.15, 0.2) is 79.1 Å². The van der Waals surface area contributed by atoms with Crippen molar-refractivity contribution in [2.24, 2.45) is 0 Å². The molecule has 1 heteroatoms. The van der Waals surface area contributed by atoms with Gasteiger partial charge in [-0.1, -0.05) is 61.2 Å². The lowest BCUT2D eigenvalue weighted by molar-refractivity contribution is 0.627. The van der Waals surface area contributed by atoms with Gasteiger partial charge in [0.15, 0.2) is 0 Å². The molecule has 1 atom stereocenters. The van der Waals surface area contributed by atoms with Crippen LogP contribution < -0.4 is 0 Å². The predicted molar refractivity (Wildman–Crippen MR) is 78.3 cm³/mol. The first kappa shape index (κ1) is 13.1. The molecule has 0 radical (unpaired) electrons. The van der Waals surface area contributed by atoms with E-state index in [9.17, 15) is 4.39 Å². The molecule has 0 bridgehead atoms. The van der Waals surface area contributed by atoms with Crippen LogP contribution >= 0.6 is 0 Å². The molecule has 0 aliphatic heterocycles. The zero-order chi connectivity index (χ0) is 13.5. The normalized spacial score (nSPS) is 12.1. The zero-order valence-corrected chi connectivity index (χ0v) is 10.6. The Labute approximate surface area is 113 Å². The lowest BCUT2D eigenvalue weighted by Crippen LogP contribution is -1.90. The number of benzene rings is 2. The van der Waals surface area contributed by atoms with Crippen molar-refractivity contribution in [1.29, 1.82) is 0 Å². The highest BCUT2D eigenvalue weighted by Gasteiger charge is 2.03. The Balaban J connectivity index is 2.24. The fourth-order valence-electron chi connectivity index (χ4n) is 1.85. The first-order valence-electron chi connectivity index (χ1n) is 6.14. The van der Waals surface area contributed by atoms with Crippen LogP contribution in [0.25, 0.3) is 6.08 Å². The molecule has 2 aromatic carbocycles. The monoisotopic (exact) mass is 250 g/mol. The lowest BCUT2D eigenvalue weighted by atomic mass is 9.97. The van der Waals surface area contributed by atoms with E-state index in [2.05, 4.69) is 18.4 Å². The summed E-state index contributed by atoms with van der Waals surface area (Å²) in [5.74, 6) is -0.171. The van der Waals surface area contributed by atoms with Crippen LogP contribution in [0.2, 0.25) is 0 Å². The van der Waals surface area contributed by atoms with Gasteiger partial charge in [-0.05, 0) is 29.3 Å². The van der Waals surface area contributed by atoms with Crippen molar-refractivity contribution >= 4 is 6.08 Å². The van der Waals surface area contributed by atoms with Crippen LogP contribution in [-0.2, 0) is 0 Å². The summed E-state index contributed by atoms with van der Waals surface area (Å²) in [5, 5.41) is 0. The van der Waals surface area contributed by atoms with Crippen molar-refractivity contribution in [2.45, 2.75) is 5.92 Å². The van der Waals surface area contributed by atoms with E-state index >= 15 is 0 Å². The number of halogens is 1. The van der Waals surface area contributed by atoms with Gasteiger partial charge < -0.3 is 0 Å². The number of hydrogen-bond donors (Lipinski definition) is 0. The Morgan fingerprint density at radius 2 is 1.68 bits per heavy atom. The molecule has 0 spiro atoms. The summed E-state index contributed by atoms with van der Waals surface area (Å²) in [4.78, 5) is 0. The summed E-state index contributed by atoms with van der Waals surface area (Å²) in [5.41, 5.74) is 4.95. The maximum absolute atomic E-state index is 12.9. The highest BCUT2D eigenvalue weighted by atomic mass is 19.1. The van der Waals surface area contributed by atoms with Crippen molar-refractivity contribution in [3.63, 3.8) is 0 Å². The van der Waals surface area contributed by atoms with Gasteiger partial charge >= 0.3 is 0 Å². The van der Waals surface area contributed by atoms with E-state index < -0.39 is 0 Å². The topological polar surface area (TPSA) is 0 Å².